The largest absolute Gasteiger partial charge is 0.507 e. The SMILES string of the molecule is CCCCNNC(=O)c1ccc(N=[N+]=[N-])cc1O. The highest BCUT2D eigenvalue weighted by Gasteiger charge is 2.10. The van der Waals surface area contributed by atoms with Gasteiger partial charge >= 0.3 is 0 Å². The molecule has 7 heteroatoms. The van der Waals surface area contributed by atoms with Gasteiger partial charge in [0.25, 0.3) is 5.91 Å². The number of nitrogens with zero attached hydrogens (tertiary/aromatic N) is 3. The summed E-state index contributed by atoms with van der Waals surface area (Å²) < 4.78 is 0. The minimum absolute atomic E-state index is 0.121. The molecule has 96 valence electrons. The third kappa shape index (κ3) is 3.97. The average molecular weight is 249 g/mol. The Hall–Kier alpha value is -2.24. The average Bonchev–Trinajstić information content (AvgIpc) is 2.35. The Bertz CT molecular complexity index is 469. The van der Waals surface area contributed by atoms with Crippen molar-refractivity contribution in [1.29, 1.82) is 0 Å². The molecule has 1 amide bonds. The lowest BCUT2D eigenvalue weighted by molar-refractivity contribution is 0.0930. The van der Waals surface area contributed by atoms with Crippen molar-refractivity contribution in [3.63, 3.8) is 0 Å². The first kappa shape index (κ1) is 13.8. The van der Waals surface area contributed by atoms with Gasteiger partial charge in [-0.1, -0.05) is 24.5 Å². The van der Waals surface area contributed by atoms with Gasteiger partial charge in [-0.25, -0.2) is 5.43 Å². The van der Waals surface area contributed by atoms with E-state index in [-0.39, 0.29) is 17.0 Å². The van der Waals surface area contributed by atoms with Crippen LogP contribution in [-0.2, 0) is 0 Å². The Morgan fingerprint density at radius 2 is 2.33 bits per heavy atom. The Morgan fingerprint density at radius 3 is 2.94 bits per heavy atom. The second-order valence-corrected chi connectivity index (χ2v) is 3.63. The van der Waals surface area contributed by atoms with E-state index in [1.165, 1.54) is 18.2 Å². The van der Waals surface area contributed by atoms with Crippen molar-refractivity contribution in [1.82, 2.24) is 10.9 Å². The molecular weight excluding hydrogens is 234 g/mol. The monoisotopic (exact) mass is 249 g/mol. The molecule has 0 saturated carbocycles. The topological polar surface area (TPSA) is 110 Å². The van der Waals surface area contributed by atoms with Gasteiger partial charge in [0.1, 0.15) is 5.75 Å². The molecule has 0 atom stereocenters. The number of aromatic hydroxyl groups is 1. The number of hydrogen-bond acceptors (Lipinski definition) is 4. The van der Waals surface area contributed by atoms with E-state index in [1.807, 2.05) is 6.92 Å². The first-order chi connectivity index (χ1) is 8.69. The second-order valence-electron chi connectivity index (χ2n) is 3.63. The number of azide groups is 1. The zero-order valence-corrected chi connectivity index (χ0v) is 10.1. The van der Waals surface area contributed by atoms with E-state index in [9.17, 15) is 9.90 Å². The highest BCUT2D eigenvalue weighted by molar-refractivity contribution is 5.96. The molecule has 1 rings (SSSR count). The molecule has 0 aliphatic rings. The van der Waals surface area contributed by atoms with Crippen LogP contribution in [0.3, 0.4) is 0 Å². The quantitative estimate of drug-likeness (QED) is 0.236. The molecule has 0 aliphatic carbocycles. The standard InChI is InChI=1S/C11H15N5O2/c1-2-3-6-13-15-11(18)9-5-4-8(14-16-12)7-10(9)17/h4-5,7,13,17H,2-3,6H2,1H3,(H,15,18). The van der Waals surface area contributed by atoms with Crippen molar-refractivity contribution in [2.75, 3.05) is 6.54 Å². The molecule has 0 heterocycles. The van der Waals surface area contributed by atoms with E-state index in [2.05, 4.69) is 20.9 Å². The summed E-state index contributed by atoms with van der Waals surface area (Å²) in [5.41, 5.74) is 13.9. The van der Waals surface area contributed by atoms with Crippen LogP contribution in [-0.4, -0.2) is 17.6 Å². The van der Waals surface area contributed by atoms with Crippen molar-refractivity contribution in [3.8, 4) is 5.75 Å². The molecular formula is C11H15N5O2. The van der Waals surface area contributed by atoms with Crippen molar-refractivity contribution in [2.45, 2.75) is 19.8 Å². The van der Waals surface area contributed by atoms with Crippen LogP contribution >= 0.6 is 0 Å². The van der Waals surface area contributed by atoms with Crippen LogP contribution in [0.15, 0.2) is 23.3 Å². The fourth-order valence-corrected chi connectivity index (χ4v) is 1.30. The number of hydrazine groups is 1. The Labute approximate surface area is 104 Å². The normalized spacial score (nSPS) is 9.61. The summed E-state index contributed by atoms with van der Waals surface area (Å²) in [7, 11) is 0. The second kappa shape index (κ2) is 7.16. The predicted molar refractivity (Wildman–Crippen MR) is 67.3 cm³/mol. The number of phenolic OH excluding ortho intramolecular Hbond substituents is 1. The molecule has 0 fully saturated rings. The summed E-state index contributed by atoms with van der Waals surface area (Å²) >= 11 is 0. The molecule has 0 saturated heterocycles. The van der Waals surface area contributed by atoms with E-state index in [0.717, 1.165) is 12.8 Å². The van der Waals surface area contributed by atoms with Crippen molar-refractivity contribution in [3.05, 3.63) is 34.2 Å². The lowest BCUT2D eigenvalue weighted by atomic mass is 10.2. The molecule has 0 aliphatic heterocycles. The van der Waals surface area contributed by atoms with Crippen LogP contribution < -0.4 is 10.9 Å². The van der Waals surface area contributed by atoms with Crippen molar-refractivity contribution >= 4 is 11.6 Å². The molecule has 7 nitrogen and oxygen atoms in total. The number of carbonyl (C=O) groups is 1. The molecule has 0 unspecified atom stereocenters. The van der Waals surface area contributed by atoms with Crippen LogP contribution in [0.2, 0.25) is 0 Å². The molecule has 0 radical (unpaired) electrons. The van der Waals surface area contributed by atoms with Gasteiger partial charge in [0.15, 0.2) is 0 Å². The van der Waals surface area contributed by atoms with E-state index in [1.54, 1.807) is 0 Å². The molecule has 0 aromatic heterocycles. The highest BCUT2D eigenvalue weighted by atomic mass is 16.3. The number of carbonyl (C=O) groups excluding carboxylic acids is 1. The van der Waals surface area contributed by atoms with Crippen molar-refractivity contribution < 1.29 is 9.90 Å². The molecule has 1 aromatic carbocycles. The zero-order valence-electron chi connectivity index (χ0n) is 10.1. The van der Waals surface area contributed by atoms with Gasteiger partial charge in [0, 0.05) is 17.1 Å². The van der Waals surface area contributed by atoms with Gasteiger partial charge in [-0.3, -0.25) is 10.2 Å². The first-order valence-electron chi connectivity index (χ1n) is 5.60. The molecule has 3 N–H and O–H groups in total. The summed E-state index contributed by atoms with van der Waals surface area (Å²) in [6.45, 7) is 2.71. The van der Waals surface area contributed by atoms with E-state index < -0.39 is 5.91 Å². The van der Waals surface area contributed by atoms with Gasteiger partial charge < -0.3 is 5.11 Å². The first-order valence-corrected chi connectivity index (χ1v) is 5.60. The summed E-state index contributed by atoms with van der Waals surface area (Å²) in [5, 5.41) is 12.9. The van der Waals surface area contributed by atoms with Gasteiger partial charge in [-0.2, -0.15) is 0 Å². The van der Waals surface area contributed by atoms with Gasteiger partial charge in [0.2, 0.25) is 0 Å². The van der Waals surface area contributed by atoms with Crippen LogP contribution in [0.25, 0.3) is 10.4 Å². The Morgan fingerprint density at radius 1 is 1.56 bits per heavy atom. The van der Waals surface area contributed by atoms with Crippen molar-refractivity contribution in [2.24, 2.45) is 5.11 Å². The lowest BCUT2D eigenvalue weighted by Gasteiger charge is -2.08. The van der Waals surface area contributed by atoms with E-state index >= 15 is 0 Å². The summed E-state index contributed by atoms with van der Waals surface area (Å²) in [4.78, 5) is 14.3. The number of hydrogen-bond donors (Lipinski definition) is 3. The zero-order chi connectivity index (χ0) is 13.4. The molecule has 1 aromatic rings. The Balaban J connectivity index is 2.65. The summed E-state index contributed by atoms with van der Waals surface area (Å²) in [6.07, 6.45) is 1.97. The Kier molecular flexibility index (Phi) is 5.50. The third-order valence-corrected chi connectivity index (χ3v) is 2.24. The fourth-order valence-electron chi connectivity index (χ4n) is 1.30. The minimum atomic E-state index is -0.434. The van der Waals surface area contributed by atoms with Crippen LogP contribution in [0.5, 0.6) is 5.75 Å². The van der Waals surface area contributed by atoms with E-state index in [0.29, 0.717) is 6.54 Å². The summed E-state index contributed by atoms with van der Waals surface area (Å²) in [5.74, 6) is -0.661. The molecule has 18 heavy (non-hydrogen) atoms. The minimum Gasteiger partial charge on any atom is -0.507 e. The van der Waals surface area contributed by atoms with Crippen LogP contribution in [0.1, 0.15) is 30.1 Å². The highest BCUT2D eigenvalue weighted by Crippen LogP contribution is 2.23. The number of benzene rings is 1. The van der Waals surface area contributed by atoms with Crippen LogP contribution in [0, 0.1) is 0 Å². The van der Waals surface area contributed by atoms with Gasteiger partial charge in [-0.05, 0) is 24.1 Å². The molecule has 0 bridgehead atoms. The maximum atomic E-state index is 11.7. The molecule has 0 spiro atoms. The number of phenols is 1. The summed E-state index contributed by atoms with van der Waals surface area (Å²) in [6, 6.07) is 4.09. The smallest absolute Gasteiger partial charge is 0.269 e. The maximum absolute atomic E-state index is 11.7. The third-order valence-electron chi connectivity index (χ3n) is 2.24. The number of nitrogens with one attached hydrogen (secondary N) is 2. The number of amides is 1. The van der Waals surface area contributed by atoms with Crippen LogP contribution in [0.4, 0.5) is 5.69 Å². The van der Waals surface area contributed by atoms with E-state index in [4.69, 9.17) is 5.53 Å². The number of rotatable bonds is 6. The fraction of sp³-hybridized carbons (Fsp3) is 0.364. The number of unbranched alkanes of at least 4 members (excludes halogenated alkanes) is 1. The lowest BCUT2D eigenvalue weighted by Crippen LogP contribution is -2.37. The van der Waals surface area contributed by atoms with Gasteiger partial charge in [0.05, 0.1) is 5.56 Å². The predicted octanol–water partition coefficient (Wildman–Crippen LogP) is 2.37. The maximum Gasteiger partial charge on any atom is 0.269 e. The van der Waals surface area contributed by atoms with Gasteiger partial charge in [-0.15, -0.1) is 0 Å².